The predicted octanol–water partition coefficient (Wildman–Crippen LogP) is 4.17. The first-order valence-corrected chi connectivity index (χ1v) is 8.70. The number of aromatic nitrogens is 2. The molecule has 0 spiro atoms. The molecule has 1 aromatic heterocycles. The van der Waals surface area contributed by atoms with Gasteiger partial charge >= 0.3 is 0 Å². The number of carbonyl (C=O) groups is 1. The Hall–Kier alpha value is -3.35. The van der Waals surface area contributed by atoms with Gasteiger partial charge in [-0.1, -0.05) is 6.07 Å². The van der Waals surface area contributed by atoms with Gasteiger partial charge in [0.15, 0.2) is 5.69 Å². The van der Waals surface area contributed by atoms with E-state index in [4.69, 9.17) is 14.1 Å². The van der Waals surface area contributed by atoms with E-state index in [2.05, 4.69) is 15.6 Å². The molecule has 27 heavy (non-hydrogen) atoms. The summed E-state index contributed by atoms with van der Waals surface area (Å²) in [4.78, 5) is 12.5. The van der Waals surface area contributed by atoms with Crippen LogP contribution in [0.4, 0.5) is 5.82 Å². The molecule has 3 rings (SSSR count). The molecule has 0 aliphatic heterocycles. The maximum absolute atomic E-state index is 12.5. The Balaban J connectivity index is 1.77. The Kier molecular flexibility index (Phi) is 5.71. The lowest BCUT2D eigenvalue weighted by Crippen LogP contribution is -2.13. The summed E-state index contributed by atoms with van der Waals surface area (Å²) in [5.41, 5.74) is 1.65. The molecule has 1 N–H and O–H groups in total. The molecule has 0 saturated carbocycles. The second-order valence-electron chi connectivity index (χ2n) is 6.07. The highest BCUT2D eigenvalue weighted by Crippen LogP contribution is 2.27. The second kappa shape index (κ2) is 8.35. The summed E-state index contributed by atoms with van der Waals surface area (Å²) in [5, 5.41) is 10.4. The lowest BCUT2D eigenvalue weighted by Gasteiger charge is -2.09. The van der Waals surface area contributed by atoms with Crippen molar-refractivity contribution in [2.24, 2.45) is 0 Å². The molecule has 0 radical (unpaired) electrons. The monoisotopic (exact) mass is 367 g/mol. The van der Waals surface area contributed by atoms with Crippen LogP contribution in [0.25, 0.3) is 11.3 Å². The van der Waals surface area contributed by atoms with Crippen LogP contribution in [-0.2, 0) is 0 Å². The predicted molar refractivity (Wildman–Crippen MR) is 101 cm³/mol. The van der Waals surface area contributed by atoms with Crippen LogP contribution in [-0.4, -0.2) is 28.9 Å². The van der Waals surface area contributed by atoms with Gasteiger partial charge in [0.25, 0.3) is 5.91 Å². The number of hydrogen-bond acceptors (Lipinski definition) is 6. The van der Waals surface area contributed by atoms with Crippen molar-refractivity contribution in [1.29, 1.82) is 0 Å². The first-order chi connectivity index (χ1) is 13.1. The molecule has 7 heteroatoms. The Morgan fingerprint density at radius 3 is 2.59 bits per heavy atom. The van der Waals surface area contributed by atoms with Crippen molar-refractivity contribution in [2.45, 2.75) is 26.9 Å². The number of carbonyl (C=O) groups excluding carboxylic acids is 1. The van der Waals surface area contributed by atoms with E-state index >= 15 is 0 Å². The maximum atomic E-state index is 12.5. The van der Waals surface area contributed by atoms with E-state index in [0.717, 1.165) is 11.3 Å². The third kappa shape index (κ3) is 4.63. The third-order valence-corrected chi connectivity index (χ3v) is 3.63. The summed E-state index contributed by atoms with van der Waals surface area (Å²) in [7, 11) is 0. The highest BCUT2D eigenvalue weighted by molar-refractivity contribution is 6.05. The number of hydrogen-bond donors (Lipinski definition) is 1. The first kappa shape index (κ1) is 18.4. The van der Waals surface area contributed by atoms with E-state index in [1.165, 1.54) is 0 Å². The highest BCUT2D eigenvalue weighted by Gasteiger charge is 2.16. The van der Waals surface area contributed by atoms with Gasteiger partial charge in [-0.2, -0.15) is 0 Å². The molecule has 0 aliphatic rings. The van der Waals surface area contributed by atoms with Crippen LogP contribution in [0.1, 0.15) is 31.1 Å². The van der Waals surface area contributed by atoms with Crippen molar-refractivity contribution in [3.63, 3.8) is 0 Å². The molecule has 1 heterocycles. The molecule has 0 saturated heterocycles. The molecule has 0 unspecified atom stereocenters. The van der Waals surface area contributed by atoms with Crippen LogP contribution >= 0.6 is 0 Å². The Morgan fingerprint density at radius 1 is 1.11 bits per heavy atom. The SMILES string of the molecule is CCOc1cccc(C(=O)Nc2nonc2-c2ccc(OC(C)C)cc2)c1. The zero-order valence-electron chi connectivity index (χ0n) is 15.4. The number of nitrogens with zero attached hydrogens (tertiary/aromatic N) is 2. The van der Waals surface area contributed by atoms with E-state index in [9.17, 15) is 4.79 Å². The second-order valence-corrected chi connectivity index (χ2v) is 6.07. The summed E-state index contributed by atoms with van der Waals surface area (Å²) < 4.78 is 15.9. The normalized spacial score (nSPS) is 10.7. The number of anilines is 1. The largest absolute Gasteiger partial charge is 0.494 e. The average molecular weight is 367 g/mol. The molecule has 3 aromatic rings. The zero-order chi connectivity index (χ0) is 19.2. The van der Waals surface area contributed by atoms with Gasteiger partial charge in [0.1, 0.15) is 11.5 Å². The van der Waals surface area contributed by atoms with Crippen molar-refractivity contribution in [1.82, 2.24) is 10.3 Å². The minimum absolute atomic E-state index is 0.0897. The van der Waals surface area contributed by atoms with E-state index in [-0.39, 0.29) is 17.8 Å². The molecule has 1 amide bonds. The standard InChI is InChI=1S/C20H21N3O4/c1-4-25-17-7-5-6-15(12-17)20(24)21-19-18(22-27-23-19)14-8-10-16(11-9-14)26-13(2)3/h5-13H,4H2,1-3H3,(H,21,23,24). The van der Waals surface area contributed by atoms with E-state index in [1.807, 2.05) is 45.0 Å². The van der Waals surface area contributed by atoms with Crippen LogP contribution in [0.3, 0.4) is 0 Å². The third-order valence-electron chi connectivity index (χ3n) is 3.63. The molecule has 0 aliphatic carbocycles. The van der Waals surface area contributed by atoms with Gasteiger partial charge in [0, 0.05) is 11.1 Å². The number of benzene rings is 2. The van der Waals surface area contributed by atoms with Crippen molar-refractivity contribution in [3.05, 3.63) is 54.1 Å². The van der Waals surface area contributed by atoms with Gasteiger partial charge in [0.05, 0.1) is 12.7 Å². The van der Waals surface area contributed by atoms with Gasteiger partial charge in [-0.05, 0) is 73.5 Å². The molecule has 0 fully saturated rings. The molecule has 0 atom stereocenters. The van der Waals surface area contributed by atoms with Gasteiger partial charge in [0.2, 0.25) is 5.82 Å². The molecule has 2 aromatic carbocycles. The summed E-state index contributed by atoms with van der Waals surface area (Å²) in [5.74, 6) is 1.31. The summed E-state index contributed by atoms with van der Waals surface area (Å²) in [6, 6.07) is 14.3. The van der Waals surface area contributed by atoms with E-state index < -0.39 is 0 Å². The van der Waals surface area contributed by atoms with Crippen molar-refractivity contribution >= 4 is 11.7 Å². The number of ether oxygens (including phenoxy) is 2. The summed E-state index contributed by atoms with van der Waals surface area (Å²) >= 11 is 0. The van der Waals surface area contributed by atoms with Gasteiger partial charge in [-0.15, -0.1) is 0 Å². The Bertz CT molecular complexity index is 904. The topological polar surface area (TPSA) is 86.5 Å². The number of amides is 1. The van der Waals surface area contributed by atoms with Crippen LogP contribution in [0.15, 0.2) is 53.2 Å². The van der Waals surface area contributed by atoms with Crippen LogP contribution in [0, 0.1) is 0 Å². The minimum atomic E-state index is -0.326. The molecular weight excluding hydrogens is 346 g/mol. The molecule has 140 valence electrons. The fourth-order valence-corrected chi connectivity index (χ4v) is 2.50. The van der Waals surface area contributed by atoms with Crippen molar-refractivity contribution < 1.29 is 18.9 Å². The lowest BCUT2D eigenvalue weighted by atomic mass is 10.1. The highest BCUT2D eigenvalue weighted by atomic mass is 16.6. The zero-order valence-corrected chi connectivity index (χ0v) is 15.4. The van der Waals surface area contributed by atoms with Gasteiger partial charge in [-0.25, -0.2) is 4.63 Å². The number of nitrogens with one attached hydrogen (secondary N) is 1. The smallest absolute Gasteiger partial charge is 0.257 e. The van der Waals surface area contributed by atoms with Crippen LogP contribution in [0.5, 0.6) is 11.5 Å². The lowest BCUT2D eigenvalue weighted by molar-refractivity contribution is 0.102. The quantitative estimate of drug-likeness (QED) is 0.674. The molecular formula is C20H21N3O4. The molecule has 7 nitrogen and oxygen atoms in total. The number of rotatable bonds is 7. The first-order valence-electron chi connectivity index (χ1n) is 8.70. The Labute approximate surface area is 157 Å². The summed E-state index contributed by atoms with van der Waals surface area (Å²) in [6.45, 7) is 6.34. The van der Waals surface area contributed by atoms with Crippen molar-refractivity contribution in [3.8, 4) is 22.8 Å². The van der Waals surface area contributed by atoms with Gasteiger partial charge < -0.3 is 14.8 Å². The fraction of sp³-hybridized carbons (Fsp3) is 0.250. The Morgan fingerprint density at radius 2 is 1.89 bits per heavy atom. The average Bonchev–Trinajstić information content (AvgIpc) is 3.10. The van der Waals surface area contributed by atoms with E-state index in [1.54, 1.807) is 24.3 Å². The van der Waals surface area contributed by atoms with E-state index in [0.29, 0.717) is 23.6 Å². The maximum Gasteiger partial charge on any atom is 0.257 e. The fourth-order valence-electron chi connectivity index (χ4n) is 2.50. The van der Waals surface area contributed by atoms with Crippen LogP contribution in [0.2, 0.25) is 0 Å². The van der Waals surface area contributed by atoms with Gasteiger partial charge in [-0.3, -0.25) is 4.79 Å². The summed E-state index contributed by atoms with van der Waals surface area (Å²) in [6.07, 6.45) is 0.0897. The van der Waals surface area contributed by atoms with Crippen molar-refractivity contribution in [2.75, 3.05) is 11.9 Å². The molecule has 0 bridgehead atoms. The van der Waals surface area contributed by atoms with Crippen LogP contribution < -0.4 is 14.8 Å². The minimum Gasteiger partial charge on any atom is -0.494 e.